The van der Waals surface area contributed by atoms with Gasteiger partial charge in [-0.25, -0.2) is 0 Å². The van der Waals surface area contributed by atoms with Gasteiger partial charge in [0, 0.05) is 69.3 Å². The summed E-state index contributed by atoms with van der Waals surface area (Å²) in [5, 5.41) is 21.8. The Bertz CT molecular complexity index is 2580. The monoisotopic (exact) mass is 1060 g/mol. The van der Waals surface area contributed by atoms with Gasteiger partial charge in [-0.05, 0) is 68.6 Å². The van der Waals surface area contributed by atoms with E-state index in [1.165, 1.54) is 6.92 Å². The highest BCUT2D eigenvalue weighted by molar-refractivity contribution is 5.98. The fourth-order valence-electron chi connectivity index (χ4n) is 8.22. The van der Waals surface area contributed by atoms with Gasteiger partial charge < -0.3 is 81.9 Å². The number of aliphatic imine (C=N–C) groups is 2. The molecule has 27 nitrogen and oxygen atoms in total. The van der Waals surface area contributed by atoms with Crippen LogP contribution < -0.4 is 76.9 Å². The number of nitrogens with zero attached hydrogens (tertiary/aromatic N) is 2. The fourth-order valence-corrected chi connectivity index (χ4v) is 8.22. The van der Waals surface area contributed by atoms with Gasteiger partial charge in [0.2, 0.25) is 59.1 Å². The smallest absolute Gasteiger partial charge is 0.243 e. The molecule has 2 heterocycles. The molecule has 21 N–H and O–H groups in total. The van der Waals surface area contributed by atoms with E-state index in [-0.39, 0.29) is 95.8 Å². The van der Waals surface area contributed by atoms with Crippen LogP contribution in [0.15, 0.2) is 70.8 Å². The van der Waals surface area contributed by atoms with Crippen molar-refractivity contribution in [3.8, 4) is 0 Å². The van der Waals surface area contributed by atoms with E-state index in [0.29, 0.717) is 11.1 Å². The molecule has 0 aliphatic carbocycles. The number of carbonyl (C=O) groups excluding carboxylic acids is 10. The summed E-state index contributed by atoms with van der Waals surface area (Å²) in [6.45, 7) is 1.26. The lowest BCUT2D eigenvalue weighted by molar-refractivity contribution is -0.136. The number of benzene rings is 2. The average molecular weight is 1060 g/mol. The molecule has 3 aromatic rings. The van der Waals surface area contributed by atoms with Crippen molar-refractivity contribution < 1.29 is 47.9 Å². The van der Waals surface area contributed by atoms with Crippen molar-refractivity contribution in [1.29, 1.82) is 0 Å². The molecule has 27 heteroatoms. The minimum Gasteiger partial charge on any atom is -0.370 e. The van der Waals surface area contributed by atoms with Gasteiger partial charge in [-0.1, -0.05) is 48.5 Å². The summed E-state index contributed by atoms with van der Waals surface area (Å²) in [6.07, 6.45) is 0.132. The first-order valence-corrected chi connectivity index (χ1v) is 24.8. The Morgan fingerprint density at radius 3 is 1.89 bits per heavy atom. The Hall–Kier alpha value is -8.78. The van der Waals surface area contributed by atoms with Crippen LogP contribution in [0.25, 0.3) is 10.9 Å². The number of H-pyrrole nitrogens is 1. The topological polar surface area (TPSA) is 464 Å². The van der Waals surface area contributed by atoms with Crippen LogP contribution in [-0.4, -0.2) is 138 Å². The Kier molecular flexibility index (Phi) is 23.9. The van der Waals surface area contributed by atoms with Crippen molar-refractivity contribution >= 4 is 81.9 Å². The molecule has 0 spiro atoms. The van der Waals surface area contributed by atoms with Gasteiger partial charge in [0.25, 0.3) is 0 Å². The number of nitrogens with two attached hydrogens (primary N) is 6. The number of fused-ring (bicyclic) bond motifs is 1. The number of carbonyl (C=O) groups is 10. The van der Waals surface area contributed by atoms with Crippen molar-refractivity contribution in [3.63, 3.8) is 0 Å². The van der Waals surface area contributed by atoms with Crippen molar-refractivity contribution in [2.45, 2.75) is 126 Å². The second-order valence-electron chi connectivity index (χ2n) is 18.2. The first kappa shape index (κ1) is 59.8. The van der Waals surface area contributed by atoms with Crippen molar-refractivity contribution in [2.24, 2.45) is 44.4 Å². The highest BCUT2D eigenvalue weighted by Gasteiger charge is 2.35. The number of guanidine groups is 2. The molecule has 1 saturated heterocycles. The van der Waals surface area contributed by atoms with E-state index in [1.807, 2.05) is 18.2 Å². The van der Waals surface area contributed by atoms with Gasteiger partial charge in [-0.15, -0.1) is 0 Å². The molecule has 76 heavy (non-hydrogen) atoms. The van der Waals surface area contributed by atoms with Gasteiger partial charge in [0.15, 0.2) is 11.9 Å². The van der Waals surface area contributed by atoms with Crippen molar-refractivity contribution in [3.05, 3.63) is 71.9 Å². The predicted octanol–water partition coefficient (Wildman–Crippen LogP) is -4.09. The van der Waals surface area contributed by atoms with Gasteiger partial charge in [0.1, 0.15) is 42.3 Å². The van der Waals surface area contributed by atoms with Crippen LogP contribution in [0.4, 0.5) is 0 Å². The molecule has 1 aromatic heterocycles. The number of nitrogens with one attached hydrogen (secondary N) is 9. The Morgan fingerprint density at radius 1 is 0.671 bits per heavy atom. The van der Waals surface area contributed by atoms with E-state index in [1.54, 1.807) is 42.6 Å². The zero-order chi connectivity index (χ0) is 55.7. The Balaban J connectivity index is 1.78. The normalized spacial score (nSPS) is 20.9. The molecule has 10 amide bonds. The third-order valence-corrected chi connectivity index (χ3v) is 12.1. The molecule has 2 aromatic carbocycles. The van der Waals surface area contributed by atoms with Gasteiger partial charge >= 0.3 is 0 Å². The van der Waals surface area contributed by atoms with Crippen molar-refractivity contribution in [2.75, 3.05) is 19.6 Å². The van der Waals surface area contributed by atoms with E-state index in [9.17, 15) is 47.9 Å². The summed E-state index contributed by atoms with van der Waals surface area (Å²) in [5.74, 6) is -8.69. The van der Waals surface area contributed by atoms with E-state index >= 15 is 0 Å². The molecule has 1 fully saturated rings. The maximum Gasteiger partial charge on any atom is 0.243 e. The van der Waals surface area contributed by atoms with Crippen LogP contribution in [-0.2, 0) is 60.8 Å². The number of hydrogen-bond donors (Lipinski definition) is 15. The highest BCUT2D eigenvalue weighted by Crippen LogP contribution is 2.20. The van der Waals surface area contributed by atoms with Crippen LogP contribution in [0.2, 0.25) is 0 Å². The van der Waals surface area contributed by atoms with Crippen LogP contribution >= 0.6 is 0 Å². The highest BCUT2D eigenvalue weighted by atomic mass is 16.2. The summed E-state index contributed by atoms with van der Waals surface area (Å²) >= 11 is 0. The largest absolute Gasteiger partial charge is 0.370 e. The summed E-state index contributed by atoms with van der Waals surface area (Å²) in [5.41, 5.74) is 35.2. The number of amides is 10. The molecular formula is C49H71N17O10. The van der Waals surface area contributed by atoms with Crippen LogP contribution in [0, 0.1) is 0 Å². The first-order valence-electron chi connectivity index (χ1n) is 24.8. The summed E-state index contributed by atoms with van der Waals surface area (Å²) in [4.78, 5) is 148. The molecule has 7 atom stereocenters. The molecule has 1 aliphatic heterocycles. The zero-order valence-corrected chi connectivity index (χ0v) is 42.4. The number of primary amides is 2. The number of rotatable bonds is 19. The fraction of sp³-hybridized carbons (Fsp3) is 0.469. The van der Waals surface area contributed by atoms with Gasteiger partial charge in [-0.3, -0.25) is 57.9 Å². The molecular weight excluding hydrogens is 987 g/mol. The average Bonchev–Trinajstić information content (AvgIpc) is 3.78. The van der Waals surface area contributed by atoms with Gasteiger partial charge in [-0.2, -0.15) is 0 Å². The summed E-state index contributed by atoms with van der Waals surface area (Å²) in [6, 6.07) is 5.84. The minimum absolute atomic E-state index is 0.0157. The lowest BCUT2D eigenvalue weighted by Crippen LogP contribution is -2.60. The lowest BCUT2D eigenvalue weighted by atomic mass is 10.0. The Morgan fingerprint density at radius 2 is 1.25 bits per heavy atom. The molecule has 0 radical (unpaired) electrons. The number of aromatic nitrogens is 1. The second kappa shape index (κ2) is 30.4. The number of hydrogen-bond acceptors (Lipinski definition) is 12. The van der Waals surface area contributed by atoms with Crippen LogP contribution in [0.5, 0.6) is 0 Å². The maximum atomic E-state index is 14.6. The predicted molar refractivity (Wildman–Crippen MR) is 280 cm³/mol. The Labute approximate surface area is 438 Å². The number of para-hydroxylation sites is 1. The van der Waals surface area contributed by atoms with Crippen LogP contribution in [0.1, 0.15) is 82.3 Å². The van der Waals surface area contributed by atoms with E-state index in [0.717, 1.165) is 10.9 Å². The molecule has 0 saturated carbocycles. The quantitative estimate of drug-likeness (QED) is 0.0309. The lowest BCUT2D eigenvalue weighted by Gasteiger charge is -2.28. The SMILES string of the molecule is CC(=O)NC(CCCN=C(N)N)C(=O)N[C@H]1CCC(=O)NCCC[C@@H](C(N)=O)NC(=O)[C@H](Cc2c[nH]c3ccccc23)NC(=O)[C@H](CCCN=C(N)N)NC(=O)[C@@H](Cc2ccccc2)NC(=O)[C@H](CCC(N)=O)NC1=O. The van der Waals surface area contributed by atoms with Crippen molar-refractivity contribution in [1.82, 2.24) is 47.5 Å². The number of aromatic amines is 1. The standard InChI is InChI=1S/C49H71N17O10/c1-27(67)60-33(15-8-22-57-48(52)53)42(71)64-36-18-20-40(69)56-21-7-14-32(41(51)70)61-47(76)38(25-29-26-59-31-13-6-5-12-30(29)31)66-43(72)34(16-9-23-58-49(54)55)62-46(75)37(24-28-10-3-2-4-11-28)65-45(74)35(63-44(36)73)17-19-39(50)68/h2-6,10-13,26,32-38,59H,7-9,14-25H2,1H3,(H2,50,68)(H2,51,70)(H,56,69)(H,60,67)(H,61,76)(H,62,75)(H,63,73)(H,64,71)(H,65,74)(H,66,72)(H4,52,53,57)(H4,54,55,58)/t32-,33?,34-,35-,36-,37+,38-/m0/s1. The first-order chi connectivity index (χ1) is 36.2. The van der Waals surface area contributed by atoms with Crippen LogP contribution in [0.3, 0.4) is 0 Å². The van der Waals surface area contributed by atoms with Gasteiger partial charge in [0.05, 0.1) is 0 Å². The molecule has 4 rings (SSSR count). The zero-order valence-electron chi connectivity index (χ0n) is 42.4. The van der Waals surface area contributed by atoms with E-state index in [2.05, 4.69) is 57.5 Å². The minimum atomic E-state index is -1.59. The second-order valence-corrected chi connectivity index (χ2v) is 18.2. The molecule has 0 bridgehead atoms. The summed E-state index contributed by atoms with van der Waals surface area (Å²) in [7, 11) is 0. The maximum absolute atomic E-state index is 14.6. The molecule has 1 unspecified atom stereocenters. The third kappa shape index (κ3) is 20.6. The molecule has 1 aliphatic rings. The third-order valence-electron chi connectivity index (χ3n) is 12.1. The van der Waals surface area contributed by atoms with E-state index < -0.39 is 114 Å². The summed E-state index contributed by atoms with van der Waals surface area (Å²) < 4.78 is 0. The van der Waals surface area contributed by atoms with E-state index in [4.69, 9.17) is 34.4 Å². The molecule has 412 valence electrons.